The zero-order chi connectivity index (χ0) is 9.78. The van der Waals surface area contributed by atoms with E-state index in [4.69, 9.17) is 11.5 Å². The van der Waals surface area contributed by atoms with E-state index < -0.39 is 0 Å². The van der Waals surface area contributed by atoms with Gasteiger partial charge in [-0.2, -0.15) is 0 Å². The first kappa shape index (κ1) is 16.5. The van der Waals surface area contributed by atoms with E-state index in [0.717, 1.165) is 39.3 Å². The zero-order valence-electron chi connectivity index (χ0n) is 8.72. The number of rotatable bonds is 10. The van der Waals surface area contributed by atoms with Crippen molar-refractivity contribution >= 4 is 12.4 Å². The fraction of sp³-hybridized carbons (Fsp3) is 1.00. The van der Waals surface area contributed by atoms with Gasteiger partial charge in [0.25, 0.3) is 0 Å². The van der Waals surface area contributed by atoms with E-state index in [0.29, 0.717) is 13.1 Å². The molecule has 0 bridgehead atoms. The van der Waals surface area contributed by atoms with Crippen LogP contribution in [0.2, 0.25) is 0 Å². The fourth-order valence-corrected chi connectivity index (χ4v) is 0.933. The van der Waals surface area contributed by atoms with E-state index in [1.807, 2.05) is 0 Å². The molecule has 0 aromatic carbocycles. The highest BCUT2D eigenvalue weighted by Gasteiger charge is 1.87. The van der Waals surface area contributed by atoms with Gasteiger partial charge in [-0.15, -0.1) is 12.4 Å². The van der Waals surface area contributed by atoms with Crippen LogP contribution in [0.15, 0.2) is 0 Å². The van der Waals surface area contributed by atoms with Gasteiger partial charge < -0.3 is 27.4 Å². The Labute approximate surface area is 92.8 Å². The summed E-state index contributed by atoms with van der Waals surface area (Å²) in [5, 5.41) is 9.71. The second-order valence-electron chi connectivity index (χ2n) is 2.83. The van der Waals surface area contributed by atoms with Crippen LogP contribution in [0, 0.1) is 0 Å². The van der Waals surface area contributed by atoms with Crippen LogP contribution in [0.5, 0.6) is 0 Å². The van der Waals surface area contributed by atoms with Crippen molar-refractivity contribution in [2.45, 2.75) is 0 Å². The highest BCUT2D eigenvalue weighted by Crippen LogP contribution is 1.60. The second kappa shape index (κ2) is 15.6. The standard InChI is InChI=1S/C8H23N5.ClH/c9-1-3-11-5-7-13-8-6-12-4-2-10;/h11-13H,1-10H2;1H. The van der Waals surface area contributed by atoms with Gasteiger partial charge in [-0.05, 0) is 0 Å². The Morgan fingerprint density at radius 3 is 1.14 bits per heavy atom. The van der Waals surface area contributed by atoms with Gasteiger partial charge in [-0.25, -0.2) is 0 Å². The topological polar surface area (TPSA) is 88.1 Å². The van der Waals surface area contributed by atoms with E-state index in [-0.39, 0.29) is 12.4 Å². The van der Waals surface area contributed by atoms with Gasteiger partial charge in [0.2, 0.25) is 0 Å². The highest BCUT2D eigenvalue weighted by atomic mass is 35.5. The molecule has 0 atom stereocenters. The molecule has 14 heavy (non-hydrogen) atoms. The van der Waals surface area contributed by atoms with Gasteiger partial charge in [-0.3, -0.25) is 0 Å². The van der Waals surface area contributed by atoms with Crippen LogP contribution < -0.4 is 27.4 Å². The summed E-state index contributed by atoms with van der Waals surface area (Å²) in [7, 11) is 0. The molecule has 88 valence electrons. The first-order chi connectivity index (χ1) is 6.41. The number of hydrogen-bond donors (Lipinski definition) is 5. The van der Waals surface area contributed by atoms with Gasteiger partial charge in [0.1, 0.15) is 0 Å². The Bertz CT molecular complexity index is 83.8. The molecule has 7 N–H and O–H groups in total. The molecule has 0 aliphatic carbocycles. The van der Waals surface area contributed by atoms with Gasteiger partial charge in [0.05, 0.1) is 0 Å². The van der Waals surface area contributed by atoms with Crippen LogP contribution in [0.1, 0.15) is 0 Å². The average Bonchev–Trinajstić information content (AvgIpc) is 2.16. The largest absolute Gasteiger partial charge is 0.329 e. The maximum Gasteiger partial charge on any atom is 0.00772 e. The fourth-order valence-electron chi connectivity index (χ4n) is 0.933. The molecule has 0 aromatic heterocycles. The van der Waals surface area contributed by atoms with Crippen molar-refractivity contribution in [3.63, 3.8) is 0 Å². The minimum absolute atomic E-state index is 0. The van der Waals surface area contributed by atoms with Crippen molar-refractivity contribution in [2.24, 2.45) is 11.5 Å². The molecule has 0 saturated heterocycles. The Morgan fingerprint density at radius 2 is 0.857 bits per heavy atom. The Kier molecular flexibility index (Phi) is 18.4. The zero-order valence-corrected chi connectivity index (χ0v) is 9.54. The first-order valence-corrected chi connectivity index (χ1v) is 4.94. The SMILES string of the molecule is Cl.NCCNCCNCCNCCN. The van der Waals surface area contributed by atoms with Crippen molar-refractivity contribution in [1.82, 2.24) is 16.0 Å². The van der Waals surface area contributed by atoms with Gasteiger partial charge in [0.15, 0.2) is 0 Å². The van der Waals surface area contributed by atoms with E-state index >= 15 is 0 Å². The molecule has 0 saturated carbocycles. The molecule has 0 aromatic rings. The molecule has 0 amide bonds. The van der Waals surface area contributed by atoms with Gasteiger partial charge in [0, 0.05) is 52.4 Å². The molecular formula is C8H24ClN5. The third-order valence-corrected chi connectivity index (χ3v) is 1.60. The van der Waals surface area contributed by atoms with E-state index in [1.54, 1.807) is 0 Å². The van der Waals surface area contributed by atoms with Crippen LogP contribution in [0.25, 0.3) is 0 Å². The monoisotopic (exact) mass is 225 g/mol. The van der Waals surface area contributed by atoms with Crippen LogP contribution >= 0.6 is 12.4 Å². The minimum atomic E-state index is 0. The Balaban J connectivity index is 0. The lowest BCUT2D eigenvalue weighted by atomic mass is 10.5. The lowest BCUT2D eigenvalue weighted by molar-refractivity contribution is 0.586. The highest BCUT2D eigenvalue weighted by molar-refractivity contribution is 5.85. The van der Waals surface area contributed by atoms with Crippen LogP contribution in [0.4, 0.5) is 0 Å². The number of hydrogen-bond acceptors (Lipinski definition) is 5. The summed E-state index contributed by atoms with van der Waals surface area (Å²) in [4.78, 5) is 0. The molecule has 0 aliphatic rings. The van der Waals surface area contributed by atoms with E-state index in [1.165, 1.54) is 0 Å². The lowest BCUT2D eigenvalue weighted by Crippen LogP contribution is -2.35. The molecule has 0 aliphatic heterocycles. The maximum absolute atomic E-state index is 5.32. The van der Waals surface area contributed by atoms with Crippen molar-refractivity contribution < 1.29 is 0 Å². The van der Waals surface area contributed by atoms with Gasteiger partial charge >= 0.3 is 0 Å². The Hall–Kier alpha value is 0.0900. The molecule has 0 heterocycles. The molecule has 0 rings (SSSR count). The summed E-state index contributed by atoms with van der Waals surface area (Å²) in [6, 6.07) is 0. The predicted octanol–water partition coefficient (Wildman–Crippen LogP) is -1.91. The van der Waals surface area contributed by atoms with E-state index in [2.05, 4.69) is 16.0 Å². The summed E-state index contributed by atoms with van der Waals surface area (Å²) in [5.41, 5.74) is 10.6. The molecule has 0 spiro atoms. The van der Waals surface area contributed by atoms with Crippen molar-refractivity contribution in [3.05, 3.63) is 0 Å². The molecule has 0 fully saturated rings. The maximum atomic E-state index is 5.32. The van der Waals surface area contributed by atoms with Gasteiger partial charge in [-0.1, -0.05) is 0 Å². The summed E-state index contributed by atoms with van der Waals surface area (Å²) in [6.07, 6.45) is 0. The molecule has 0 unspecified atom stereocenters. The normalized spacial score (nSPS) is 9.86. The van der Waals surface area contributed by atoms with E-state index in [9.17, 15) is 0 Å². The lowest BCUT2D eigenvalue weighted by Gasteiger charge is -2.06. The predicted molar refractivity (Wildman–Crippen MR) is 64.0 cm³/mol. The van der Waals surface area contributed by atoms with Crippen molar-refractivity contribution in [2.75, 3.05) is 52.4 Å². The number of nitrogens with one attached hydrogen (secondary N) is 3. The summed E-state index contributed by atoms with van der Waals surface area (Å²) < 4.78 is 0. The quantitative estimate of drug-likeness (QED) is 0.280. The molecule has 0 radical (unpaired) electrons. The second-order valence-corrected chi connectivity index (χ2v) is 2.83. The van der Waals surface area contributed by atoms with Crippen LogP contribution in [-0.2, 0) is 0 Å². The number of halogens is 1. The van der Waals surface area contributed by atoms with Crippen molar-refractivity contribution in [3.8, 4) is 0 Å². The summed E-state index contributed by atoms with van der Waals surface area (Å²) >= 11 is 0. The first-order valence-electron chi connectivity index (χ1n) is 4.94. The average molecular weight is 226 g/mol. The Morgan fingerprint density at radius 1 is 0.571 bits per heavy atom. The van der Waals surface area contributed by atoms with Crippen molar-refractivity contribution in [1.29, 1.82) is 0 Å². The summed E-state index contributed by atoms with van der Waals surface area (Å²) in [5.74, 6) is 0. The summed E-state index contributed by atoms with van der Waals surface area (Å²) in [6.45, 7) is 7.15. The molecule has 6 heteroatoms. The molecule has 5 nitrogen and oxygen atoms in total. The number of nitrogens with two attached hydrogens (primary N) is 2. The van der Waals surface area contributed by atoms with Crippen LogP contribution in [-0.4, -0.2) is 52.4 Å². The van der Waals surface area contributed by atoms with Crippen LogP contribution in [0.3, 0.4) is 0 Å². The molecular weight excluding hydrogens is 202 g/mol. The third kappa shape index (κ3) is 14.6. The minimum Gasteiger partial charge on any atom is -0.329 e. The third-order valence-electron chi connectivity index (χ3n) is 1.60. The smallest absolute Gasteiger partial charge is 0.00772 e.